The SMILES string of the molecule is Cl.O=C(C1Cc2cc(Cl)ccc2O1)N1CCC(c2nnc3n2CCNC3)CC1. The summed E-state index contributed by atoms with van der Waals surface area (Å²) in [5.74, 6) is 3.32. The Labute approximate surface area is 174 Å². The second kappa shape index (κ2) is 7.89. The molecular weight excluding hydrogens is 401 g/mol. The van der Waals surface area contributed by atoms with Crippen LogP contribution in [0.2, 0.25) is 5.02 Å². The van der Waals surface area contributed by atoms with Crippen molar-refractivity contribution in [2.75, 3.05) is 19.6 Å². The zero-order valence-corrected chi connectivity index (χ0v) is 17.0. The highest BCUT2D eigenvalue weighted by Crippen LogP contribution is 2.33. The molecule has 1 saturated heterocycles. The number of rotatable bonds is 2. The summed E-state index contributed by atoms with van der Waals surface area (Å²) in [6.07, 6.45) is 2.01. The highest BCUT2D eigenvalue weighted by Gasteiger charge is 2.35. The molecule has 1 atom stereocenters. The predicted molar refractivity (Wildman–Crippen MR) is 107 cm³/mol. The van der Waals surface area contributed by atoms with Crippen molar-refractivity contribution in [2.24, 2.45) is 0 Å². The van der Waals surface area contributed by atoms with Crippen LogP contribution in [0.4, 0.5) is 0 Å². The number of halogens is 2. The molecule has 0 bridgehead atoms. The fourth-order valence-corrected chi connectivity index (χ4v) is 4.53. The summed E-state index contributed by atoms with van der Waals surface area (Å²) >= 11 is 6.05. The number of amides is 1. The minimum Gasteiger partial charge on any atom is -0.480 e. The van der Waals surface area contributed by atoms with E-state index >= 15 is 0 Å². The van der Waals surface area contributed by atoms with Crippen LogP contribution in [0.5, 0.6) is 5.75 Å². The molecule has 28 heavy (non-hydrogen) atoms. The topological polar surface area (TPSA) is 72.3 Å². The molecule has 0 radical (unpaired) electrons. The minimum atomic E-state index is -0.429. The lowest BCUT2D eigenvalue weighted by molar-refractivity contribution is -0.139. The van der Waals surface area contributed by atoms with Gasteiger partial charge in [-0.3, -0.25) is 4.79 Å². The van der Waals surface area contributed by atoms with Crippen molar-refractivity contribution in [3.8, 4) is 5.75 Å². The Balaban J connectivity index is 0.00000192. The van der Waals surface area contributed by atoms with Crippen LogP contribution in [0.15, 0.2) is 18.2 Å². The third-order valence-corrected chi connectivity index (χ3v) is 6.03. The van der Waals surface area contributed by atoms with Crippen molar-refractivity contribution in [1.29, 1.82) is 0 Å². The van der Waals surface area contributed by atoms with Gasteiger partial charge in [0.25, 0.3) is 5.91 Å². The lowest BCUT2D eigenvalue weighted by Gasteiger charge is -2.33. The van der Waals surface area contributed by atoms with Crippen LogP contribution in [-0.2, 0) is 24.3 Å². The molecule has 4 heterocycles. The molecule has 1 fully saturated rings. The lowest BCUT2D eigenvalue weighted by atomic mass is 9.95. The largest absolute Gasteiger partial charge is 0.480 e. The van der Waals surface area contributed by atoms with Crippen molar-refractivity contribution in [2.45, 2.75) is 44.4 Å². The number of nitrogens with zero attached hydrogens (tertiary/aromatic N) is 4. The fourth-order valence-electron chi connectivity index (χ4n) is 4.33. The summed E-state index contributed by atoms with van der Waals surface area (Å²) in [4.78, 5) is 14.8. The van der Waals surface area contributed by atoms with Gasteiger partial charge in [0.15, 0.2) is 6.10 Å². The van der Waals surface area contributed by atoms with Gasteiger partial charge in [-0.05, 0) is 36.6 Å². The van der Waals surface area contributed by atoms with Crippen LogP contribution >= 0.6 is 24.0 Å². The molecule has 3 aliphatic heterocycles. The van der Waals surface area contributed by atoms with E-state index in [1.165, 1.54) is 0 Å². The van der Waals surface area contributed by atoms with Crippen molar-refractivity contribution in [3.63, 3.8) is 0 Å². The molecule has 0 spiro atoms. The number of carbonyl (C=O) groups is 1. The second-order valence-electron chi connectivity index (χ2n) is 7.47. The normalized spacial score (nSPS) is 21.5. The van der Waals surface area contributed by atoms with Gasteiger partial charge in [-0.15, -0.1) is 22.6 Å². The number of benzene rings is 1. The van der Waals surface area contributed by atoms with E-state index in [0.29, 0.717) is 17.4 Å². The monoisotopic (exact) mass is 423 g/mol. The van der Waals surface area contributed by atoms with E-state index in [9.17, 15) is 4.79 Å². The molecule has 3 aliphatic rings. The predicted octanol–water partition coefficient (Wildman–Crippen LogP) is 2.17. The van der Waals surface area contributed by atoms with E-state index in [-0.39, 0.29) is 18.3 Å². The summed E-state index contributed by atoms with van der Waals surface area (Å²) in [5, 5.41) is 12.8. The summed E-state index contributed by atoms with van der Waals surface area (Å²) in [7, 11) is 0. The number of hydrogen-bond acceptors (Lipinski definition) is 5. The first-order chi connectivity index (χ1) is 13.2. The van der Waals surface area contributed by atoms with Crippen LogP contribution in [0, 0.1) is 0 Å². The maximum atomic E-state index is 12.9. The van der Waals surface area contributed by atoms with Crippen molar-refractivity contribution in [3.05, 3.63) is 40.4 Å². The van der Waals surface area contributed by atoms with Gasteiger partial charge in [0.05, 0.1) is 6.54 Å². The molecule has 7 nitrogen and oxygen atoms in total. The molecule has 1 amide bonds. The summed E-state index contributed by atoms with van der Waals surface area (Å²) in [6, 6.07) is 5.54. The lowest BCUT2D eigenvalue weighted by Crippen LogP contribution is -2.45. The first kappa shape index (κ1) is 19.5. The standard InChI is InChI=1S/C19H22ClN5O2.ClH/c20-14-1-2-15-13(9-14)10-16(27-15)19(26)24-6-3-12(4-7-24)18-23-22-17-11-21-5-8-25(17)18;/h1-2,9,12,16,21H,3-8,10-11H2;1H. The molecule has 1 aromatic carbocycles. The van der Waals surface area contributed by atoms with Crippen molar-refractivity contribution >= 4 is 29.9 Å². The van der Waals surface area contributed by atoms with E-state index in [1.807, 2.05) is 17.0 Å². The summed E-state index contributed by atoms with van der Waals surface area (Å²) < 4.78 is 8.12. The second-order valence-corrected chi connectivity index (χ2v) is 7.90. The van der Waals surface area contributed by atoms with Gasteiger partial charge in [0.1, 0.15) is 17.4 Å². The number of likely N-dealkylation sites (tertiary alicyclic amines) is 1. The average Bonchev–Trinajstić information content (AvgIpc) is 3.31. The molecule has 2 aromatic rings. The number of hydrogen-bond donors (Lipinski definition) is 1. The van der Waals surface area contributed by atoms with Gasteiger partial charge < -0.3 is 19.5 Å². The van der Waals surface area contributed by atoms with E-state index in [2.05, 4.69) is 20.1 Å². The van der Waals surface area contributed by atoms with Gasteiger partial charge in [-0.2, -0.15) is 0 Å². The van der Waals surface area contributed by atoms with Crippen LogP contribution in [-0.4, -0.2) is 51.3 Å². The number of piperidine rings is 1. The van der Waals surface area contributed by atoms with E-state index < -0.39 is 6.10 Å². The highest BCUT2D eigenvalue weighted by atomic mass is 35.5. The fraction of sp³-hybridized carbons (Fsp3) is 0.526. The van der Waals surface area contributed by atoms with E-state index in [1.54, 1.807) is 6.07 Å². The number of carbonyl (C=O) groups excluding carboxylic acids is 1. The van der Waals surface area contributed by atoms with Gasteiger partial charge in [-0.25, -0.2) is 0 Å². The molecule has 150 valence electrons. The molecule has 9 heteroatoms. The molecule has 1 N–H and O–H groups in total. The Morgan fingerprint density at radius 1 is 1.21 bits per heavy atom. The molecule has 1 aromatic heterocycles. The number of fused-ring (bicyclic) bond motifs is 2. The number of nitrogens with one attached hydrogen (secondary N) is 1. The Kier molecular flexibility index (Phi) is 5.49. The quantitative estimate of drug-likeness (QED) is 0.800. The van der Waals surface area contributed by atoms with Crippen molar-refractivity contribution in [1.82, 2.24) is 25.0 Å². The number of aromatic nitrogens is 3. The molecular formula is C19H23Cl2N5O2. The highest BCUT2D eigenvalue weighted by molar-refractivity contribution is 6.30. The Bertz CT molecular complexity index is 879. The molecule has 1 unspecified atom stereocenters. The summed E-state index contributed by atoms with van der Waals surface area (Å²) in [6.45, 7) is 4.14. The zero-order chi connectivity index (χ0) is 18.4. The average molecular weight is 424 g/mol. The minimum absolute atomic E-state index is 0. The third kappa shape index (κ3) is 3.47. The van der Waals surface area contributed by atoms with Gasteiger partial charge in [0.2, 0.25) is 0 Å². The number of ether oxygens (including phenoxy) is 1. The Morgan fingerprint density at radius 2 is 2.04 bits per heavy atom. The third-order valence-electron chi connectivity index (χ3n) is 5.80. The molecule has 0 aliphatic carbocycles. The smallest absolute Gasteiger partial charge is 0.263 e. The van der Waals surface area contributed by atoms with Crippen LogP contribution in [0.3, 0.4) is 0 Å². The first-order valence-corrected chi connectivity index (χ1v) is 9.93. The van der Waals surface area contributed by atoms with Crippen LogP contribution in [0.1, 0.15) is 36.0 Å². The van der Waals surface area contributed by atoms with Crippen LogP contribution < -0.4 is 10.1 Å². The first-order valence-electron chi connectivity index (χ1n) is 9.55. The van der Waals surface area contributed by atoms with E-state index in [4.69, 9.17) is 16.3 Å². The Morgan fingerprint density at radius 3 is 2.86 bits per heavy atom. The Hall–Kier alpha value is -1.83. The maximum absolute atomic E-state index is 12.9. The molecule has 5 rings (SSSR count). The van der Waals surface area contributed by atoms with Crippen LogP contribution in [0.25, 0.3) is 0 Å². The van der Waals surface area contributed by atoms with Gasteiger partial charge in [0, 0.05) is 43.5 Å². The van der Waals surface area contributed by atoms with Gasteiger partial charge in [-0.1, -0.05) is 11.6 Å². The van der Waals surface area contributed by atoms with E-state index in [0.717, 1.165) is 68.5 Å². The summed E-state index contributed by atoms with van der Waals surface area (Å²) in [5.41, 5.74) is 1.01. The van der Waals surface area contributed by atoms with Gasteiger partial charge >= 0.3 is 0 Å². The molecule has 0 saturated carbocycles. The maximum Gasteiger partial charge on any atom is 0.263 e. The zero-order valence-electron chi connectivity index (χ0n) is 15.4. The van der Waals surface area contributed by atoms with Crippen molar-refractivity contribution < 1.29 is 9.53 Å².